The fourth-order valence-corrected chi connectivity index (χ4v) is 5.16. The average molecular weight is 459 g/mol. The predicted octanol–water partition coefficient (Wildman–Crippen LogP) is 4.16. The number of carbonyl (C=O) groups is 2. The highest BCUT2D eigenvalue weighted by Crippen LogP contribution is 2.21. The van der Waals surface area contributed by atoms with Crippen molar-refractivity contribution in [1.29, 1.82) is 0 Å². The normalized spacial score (nSPS) is 22.9. The lowest BCUT2D eigenvalue weighted by Gasteiger charge is -2.29. The van der Waals surface area contributed by atoms with Crippen LogP contribution in [0.15, 0.2) is 30.3 Å². The molecule has 0 radical (unpaired) electrons. The van der Waals surface area contributed by atoms with Crippen molar-refractivity contribution in [2.24, 2.45) is 5.92 Å². The first kappa shape index (κ1) is 25.7. The van der Waals surface area contributed by atoms with Crippen molar-refractivity contribution >= 4 is 11.9 Å². The number of rotatable bonds is 9. The number of nitrogens with one attached hydrogen (secondary N) is 2. The van der Waals surface area contributed by atoms with E-state index in [1.54, 1.807) is 7.11 Å². The summed E-state index contributed by atoms with van der Waals surface area (Å²) < 4.78 is 11.7. The molecule has 0 unspecified atom stereocenters. The third-order valence-corrected chi connectivity index (χ3v) is 7.14. The Morgan fingerprint density at radius 2 is 1.67 bits per heavy atom. The molecule has 1 aliphatic heterocycles. The summed E-state index contributed by atoms with van der Waals surface area (Å²) >= 11 is 0. The number of hydrogen-bond donors (Lipinski definition) is 2. The van der Waals surface area contributed by atoms with Gasteiger partial charge in [-0.2, -0.15) is 0 Å². The topological polar surface area (TPSA) is 76.7 Å². The molecule has 0 spiro atoms. The second kappa shape index (κ2) is 13.7. The first-order valence-electron chi connectivity index (χ1n) is 12.9. The standard InChI is InChI=1S/C27H42N2O4/c1-20(25(32-2)23-17-12-18-28-23)26(30)29-24(19-21-13-8-7-9-14-21)27(31)33-22-15-10-5-3-4-6-11-16-22/h7-9,13-14,20,22-25,28H,3-6,10-12,15-19H2,1-2H3,(H,29,30)/t20-,23+,24+,25-/m1/s1. The van der Waals surface area contributed by atoms with E-state index in [0.29, 0.717) is 6.42 Å². The van der Waals surface area contributed by atoms with Crippen molar-refractivity contribution in [3.8, 4) is 0 Å². The van der Waals surface area contributed by atoms with Gasteiger partial charge in [0.15, 0.2) is 0 Å². The molecule has 6 nitrogen and oxygen atoms in total. The Bertz CT molecular complexity index is 710. The monoisotopic (exact) mass is 458 g/mol. The van der Waals surface area contributed by atoms with Crippen LogP contribution in [-0.2, 0) is 25.5 Å². The highest BCUT2D eigenvalue weighted by molar-refractivity contribution is 5.86. The SMILES string of the molecule is CO[C@@H]([C@@H]1CCCN1)[C@@H](C)C(=O)N[C@@H](Cc1ccccc1)C(=O)OC1CCCCCCCC1. The Kier molecular flexibility index (Phi) is 10.7. The number of carbonyl (C=O) groups excluding carboxylic acids is 2. The number of esters is 1. The third kappa shape index (κ3) is 8.11. The molecule has 6 heteroatoms. The fraction of sp³-hybridized carbons (Fsp3) is 0.704. The van der Waals surface area contributed by atoms with Crippen molar-refractivity contribution in [3.63, 3.8) is 0 Å². The lowest BCUT2D eigenvalue weighted by Crippen LogP contribution is -2.51. The lowest BCUT2D eigenvalue weighted by molar-refractivity contribution is -0.154. The van der Waals surface area contributed by atoms with Crippen molar-refractivity contribution in [1.82, 2.24) is 10.6 Å². The van der Waals surface area contributed by atoms with E-state index in [-0.39, 0.29) is 36.0 Å². The Labute approximate surface area is 199 Å². The van der Waals surface area contributed by atoms with Crippen LogP contribution in [0.4, 0.5) is 0 Å². The zero-order valence-electron chi connectivity index (χ0n) is 20.4. The van der Waals surface area contributed by atoms with Crippen molar-refractivity contribution in [2.45, 2.75) is 102 Å². The molecule has 0 bridgehead atoms. The van der Waals surface area contributed by atoms with Crippen molar-refractivity contribution in [2.75, 3.05) is 13.7 Å². The van der Waals surface area contributed by atoms with Crippen LogP contribution in [0.5, 0.6) is 0 Å². The van der Waals surface area contributed by atoms with Crippen molar-refractivity contribution < 1.29 is 19.1 Å². The molecular formula is C27H42N2O4. The van der Waals surface area contributed by atoms with Gasteiger partial charge in [0, 0.05) is 19.6 Å². The van der Waals surface area contributed by atoms with Crippen LogP contribution in [0.25, 0.3) is 0 Å². The fourth-order valence-electron chi connectivity index (χ4n) is 5.16. The van der Waals surface area contributed by atoms with Crippen LogP contribution >= 0.6 is 0 Å². The van der Waals surface area contributed by atoms with Gasteiger partial charge in [-0.3, -0.25) is 4.79 Å². The van der Waals surface area contributed by atoms with E-state index in [0.717, 1.165) is 50.6 Å². The quantitative estimate of drug-likeness (QED) is 0.544. The molecule has 1 saturated carbocycles. The highest BCUT2D eigenvalue weighted by Gasteiger charge is 2.35. The molecule has 2 N–H and O–H groups in total. The van der Waals surface area contributed by atoms with Gasteiger partial charge in [0.05, 0.1) is 12.0 Å². The van der Waals surface area contributed by atoms with E-state index in [2.05, 4.69) is 10.6 Å². The van der Waals surface area contributed by atoms with Gasteiger partial charge in [-0.1, -0.05) is 62.9 Å². The molecule has 2 fully saturated rings. The molecule has 1 amide bonds. The van der Waals surface area contributed by atoms with Gasteiger partial charge in [-0.05, 0) is 50.6 Å². The van der Waals surface area contributed by atoms with Gasteiger partial charge in [0.2, 0.25) is 5.91 Å². The first-order valence-corrected chi connectivity index (χ1v) is 12.9. The van der Waals surface area contributed by atoms with Crippen LogP contribution in [0.3, 0.4) is 0 Å². The molecule has 0 aromatic heterocycles. The molecule has 1 aromatic carbocycles. The zero-order valence-corrected chi connectivity index (χ0v) is 20.4. The van der Waals surface area contributed by atoms with Crippen LogP contribution in [0.1, 0.15) is 76.7 Å². The molecule has 1 aromatic rings. The molecule has 1 saturated heterocycles. The molecule has 3 rings (SSSR count). The van der Waals surface area contributed by atoms with E-state index in [9.17, 15) is 9.59 Å². The van der Waals surface area contributed by atoms with Crippen molar-refractivity contribution in [3.05, 3.63) is 35.9 Å². The van der Waals surface area contributed by atoms with Gasteiger partial charge in [-0.25, -0.2) is 4.79 Å². The number of ether oxygens (including phenoxy) is 2. The Morgan fingerprint density at radius 3 is 2.27 bits per heavy atom. The molecule has 4 atom stereocenters. The van der Waals surface area contributed by atoms with Gasteiger partial charge in [0.1, 0.15) is 12.1 Å². The second-order valence-corrected chi connectivity index (χ2v) is 9.70. The summed E-state index contributed by atoms with van der Waals surface area (Å²) in [5, 5.41) is 6.44. The van der Waals surface area contributed by atoms with Gasteiger partial charge in [0.25, 0.3) is 0 Å². The summed E-state index contributed by atoms with van der Waals surface area (Å²) in [6, 6.07) is 9.28. The Hall–Kier alpha value is -1.92. The summed E-state index contributed by atoms with van der Waals surface area (Å²) in [7, 11) is 1.65. The number of benzene rings is 1. The summed E-state index contributed by atoms with van der Waals surface area (Å²) in [5.74, 6) is -0.860. The predicted molar refractivity (Wildman–Crippen MR) is 130 cm³/mol. The summed E-state index contributed by atoms with van der Waals surface area (Å²) in [5.41, 5.74) is 1.00. The van der Waals surface area contributed by atoms with Crippen LogP contribution in [0.2, 0.25) is 0 Å². The number of methoxy groups -OCH3 is 1. The smallest absolute Gasteiger partial charge is 0.329 e. The van der Waals surface area contributed by atoms with Crippen LogP contribution in [0, 0.1) is 5.92 Å². The maximum atomic E-state index is 13.3. The number of hydrogen-bond acceptors (Lipinski definition) is 5. The number of amides is 1. The highest BCUT2D eigenvalue weighted by atomic mass is 16.5. The first-order chi connectivity index (χ1) is 16.1. The minimum Gasteiger partial charge on any atom is -0.461 e. The van der Waals surface area contributed by atoms with E-state index >= 15 is 0 Å². The maximum absolute atomic E-state index is 13.3. The third-order valence-electron chi connectivity index (χ3n) is 7.14. The van der Waals surface area contributed by atoms with Gasteiger partial charge >= 0.3 is 5.97 Å². The molecule has 1 heterocycles. The van der Waals surface area contributed by atoms with Gasteiger partial charge < -0.3 is 20.1 Å². The van der Waals surface area contributed by atoms with Crippen LogP contribution in [-0.4, -0.2) is 49.8 Å². The minimum absolute atomic E-state index is 0.0578. The molecule has 1 aliphatic carbocycles. The average Bonchev–Trinajstić information content (AvgIpc) is 3.38. The zero-order chi connectivity index (χ0) is 23.5. The maximum Gasteiger partial charge on any atom is 0.329 e. The largest absolute Gasteiger partial charge is 0.461 e. The Balaban J connectivity index is 1.67. The van der Waals surface area contributed by atoms with E-state index in [1.165, 1.54) is 25.7 Å². The summed E-state index contributed by atoms with van der Waals surface area (Å²) in [6.45, 7) is 2.83. The lowest BCUT2D eigenvalue weighted by atomic mass is 9.95. The van der Waals surface area contributed by atoms with E-state index < -0.39 is 6.04 Å². The van der Waals surface area contributed by atoms with Crippen LogP contribution < -0.4 is 10.6 Å². The second-order valence-electron chi connectivity index (χ2n) is 9.70. The Morgan fingerprint density at radius 1 is 1.00 bits per heavy atom. The molecule has 2 aliphatic rings. The molecule has 33 heavy (non-hydrogen) atoms. The van der Waals surface area contributed by atoms with Gasteiger partial charge in [-0.15, -0.1) is 0 Å². The molecular weight excluding hydrogens is 416 g/mol. The summed E-state index contributed by atoms with van der Waals surface area (Å²) in [6.07, 6.45) is 11.1. The molecule has 184 valence electrons. The minimum atomic E-state index is -0.705. The van der Waals surface area contributed by atoms with E-state index in [4.69, 9.17) is 9.47 Å². The summed E-state index contributed by atoms with van der Waals surface area (Å²) in [4.78, 5) is 26.5. The van der Waals surface area contributed by atoms with E-state index in [1.807, 2.05) is 37.3 Å².